The lowest BCUT2D eigenvalue weighted by atomic mass is 10.2. The number of hydrogen-bond acceptors (Lipinski definition) is 4. The highest BCUT2D eigenvalue weighted by atomic mass is 16.4. The van der Waals surface area contributed by atoms with Crippen LogP contribution < -0.4 is 5.76 Å². The van der Waals surface area contributed by atoms with Gasteiger partial charge in [0.05, 0.1) is 0 Å². The average Bonchev–Trinajstić information content (AvgIpc) is 2.55. The highest BCUT2D eigenvalue weighted by Crippen LogP contribution is 1.99. The molecule has 5 heteroatoms. The summed E-state index contributed by atoms with van der Waals surface area (Å²) in [7, 11) is 0. The molecule has 1 aromatic rings. The van der Waals surface area contributed by atoms with Crippen LogP contribution in [0.5, 0.6) is 0 Å². The molecular weight excluding hydrogens is 196 g/mol. The molecule has 0 aliphatic carbocycles. The lowest BCUT2D eigenvalue weighted by Gasteiger charge is -1.97. The van der Waals surface area contributed by atoms with Gasteiger partial charge in [0.2, 0.25) is 5.89 Å². The van der Waals surface area contributed by atoms with Crippen molar-refractivity contribution in [3.05, 3.63) is 16.4 Å². The van der Waals surface area contributed by atoms with E-state index in [1.165, 1.54) is 4.68 Å². The van der Waals surface area contributed by atoms with Gasteiger partial charge in [-0.3, -0.25) is 0 Å². The first-order chi connectivity index (χ1) is 7.27. The zero-order valence-corrected chi connectivity index (χ0v) is 9.11. The van der Waals surface area contributed by atoms with Crippen molar-refractivity contribution < 1.29 is 9.52 Å². The molecule has 0 bridgehead atoms. The fraction of sp³-hybridized carbons (Fsp3) is 0.800. The van der Waals surface area contributed by atoms with Gasteiger partial charge in [0, 0.05) is 19.6 Å². The van der Waals surface area contributed by atoms with Crippen LogP contribution in [-0.4, -0.2) is 21.5 Å². The first-order valence-corrected chi connectivity index (χ1v) is 5.45. The van der Waals surface area contributed by atoms with Crippen molar-refractivity contribution in [2.75, 3.05) is 6.61 Å². The second-order valence-corrected chi connectivity index (χ2v) is 3.52. The molecule has 1 heterocycles. The van der Waals surface area contributed by atoms with E-state index in [9.17, 15) is 4.79 Å². The molecule has 0 unspecified atom stereocenters. The van der Waals surface area contributed by atoms with E-state index in [0.29, 0.717) is 18.9 Å². The van der Waals surface area contributed by atoms with Crippen molar-refractivity contribution in [2.24, 2.45) is 0 Å². The summed E-state index contributed by atoms with van der Waals surface area (Å²) in [5.41, 5.74) is 0. The van der Waals surface area contributed by atoms with Gasteiger partial charge in [0.1, 0.15) is 0 Å². The summed E-state index contributed by atoms with van der Waals surface area (Å²) in [6, 6.07) is 0. The zero-order valence-electron chi connectivity index (χ0n) is 9.11. The summed E-state index contributed by atoms with van der Waals surface area (Å²) >= 11 is 0. The Kier molecular flexibility index (Phi) is 5.10. The molecule has 1 rings (SSSR count). The number of rotatable bonds is 7. The third kappa shape index (κ3) is 3.87. The molecule has 0 atom stereocenters. The minimum Gasteiger partial charge on any atom is -0.396 e. The van der Waals surface area contributed by atoms with Gasteiger partial charge in [0.15, 0.2) is 0 Å². The van der Waals surface area contributed by atoms with Gasteiger partial charge in [-0.05, 0) is 25.7 Å². The molecule has 1 N–H and O–H groups in total. The number of unbranched alkanes of at least 4 members (excludes halogenated alkanes) is 2. The van der Waals surface area contributed by atoms with Gasteiger partial charge in [-0.2, -0.15) is 4.68 Å². The highest BCUT2D eigenvalue weighted by Gasteiger charge is 2.05. The lowest BCUT2D eigenvalue weighted by Crippen LogP contribution is -2.15. The topological polar surface area (TPSA) is 68.3 Å². The van der Waals surface area contributed by atoms with Gasteiger partial charge < -0.3 is 9.52 Å². The fourth-order valence-electron chi connectivity index (χ4n) is 1.36. The van der Waals surface area contributed by atoms with Gasteiger partial charge in [-0.25, -0.2) is 4.79 Å². The Balaban J connectivity index is 2.43. The normalized spacial score (nSPS) is 10.8. The Bertz CT molecular complexity index is 330. The summed E-state index contributed by atoms with van der Waals surface area (Å²) in [6.07, 6.45) is 4.15. The molecular formula is C10H18N2O3. The van der Waals surface area contributed by atoms with Crippen LogP contribution >= 0.6 is 0 Å². The lowest BCUT2D eigenvalue weighted by molar-refractivity contribution is 0.281. The Hall–Kier alpha value is -1.10. The van der Waals surface area contributed by atoms with Crippen LogP contribution in [0.15, 0.2) is 9.21 Å². The maximum Gasteiger partial charge on any atom is 0.437 e. The van der Waals surface area contributed by atoms with Crippen molar-refractivity contribution >= 4 is 0 Å². The average molecular weight is 214 g/mol. The van der Waals surface area contributed by atoms with Crippen LogP contribution in [0, 0.1) is 0 Å². The smallest absolute Gasteiger partial charge is 0.396 e. The second kappa shape index (κ2) is 6.40. The van der Waals surface area contributed by atoms with Crippen molar-refractivity contribution in [2.45, 2.75) is 45.6 Å². The molecule has 5 nitrogen and oxygen atoms in total. The standard InChI is InChI=1S/C10H18N2O3/c1-2-6-9-11-12(10(14)15-9)7-4-3-5-8-13/h13H,2-8H2,1H3. The zero-order chi connectivity index (χ0) is 11.1. The molecule has 0 aliphatic rings. The SMILES string of the molecule is CCCc1nn(CCCCCO)c(=O)o1. The second-order valence-electron chi connectivity index (χ2n) is 3.52. The molecule has 0 saturated heterocycles. The van der Waals surface area contributed by atoms with Crippen LogP contribution in [-0.2, 0) is 13.0 Å². The molecule has 0 radical (unpaired) electrons. The van der Waals surface area contributed by atoms with Crippen LogP contribution in [0.3, 0.4) is 0 Å². The van der Waals surface area contributed by atoms with E-state index >= 15 is 0 Å². The Morgan fingerprint density at radius 3 is 2.87 bits per heavy atom. The maximum absolute atomic E-state index is 11.3. The van der Waals surface area contributed by atoms with E-state index in [1.807, 2.05) is 6.92 Å². The van der Waals surface area contributed by atoms with E-state index in [2.05, 4.69) is 5.10 Å². The number of hydrogen-bond donors (Lipinski definition) is 1. The van der Waals surface area contributed by atoms with Crippen molar-refractivity contribution in [1.29, 1.82) is 0 Å². The van der Waals surface area contributed by atoms with E-state index in [-0.39, 0.29) is 12.4 Å². The van der Waals surface area contributed by atoms with Gasteiger partial charge in [-0.1, -0.05) is 6.92 Å². The number of aromatic nitrogens is 2. The molecule has 0 fully saturated rings. The van der Waals surface area contributed by atoms with Crippen molar-refractivity contribution in [3.63, 3.8) is 0 Å². The molecule has 0 spiro atoms. The highest BCUT2D eigenvalue weighted by molar-refractivity contribution is 4.74. The Morgan fingerprint density at radius 1 is 1.40 bits per heavy atom. The monoisotopic (exact) mass is 214 g/mol. The molecule has 0 aliphatic heterocycles. The van der Waals surface area contributed by atoms with E-state index in [0.717, 1.165) is 25.7 Å². The van der Waals surface area contributed by atoms with Crippen LogP contribution in [0.1, 0.15) is 38.5 Å². The molecule has 0 saturated carbocycles. The van der Waals surface area contributed by atoms with E-state index in [1.54, 1.807) is 0 Å². The third-order valence-electron chi connectivity index (χ3n) is 2.14. The van der Waals surface area contributed by atoms with Gasteiger partial charge in [0.25, 0.3) is 0 Å². The largest absolute Gasteiger partial charge is 0.437 e. The summed E-state index contributed by atoms with van der Waals surface area (Å²) in [6.45, 7) is 2.79. The molecule has 15 heavy (non-hydrogen) atoms. The van der Waals surface area contributed by atoms with Crippen LogP contribution in [0.2, 0.25) is 0 Å². The first kappa shape index (κ1) is 12.0. The third-order valence-corrected chi connectivity index (χ3v) is 2.14. The summed E-state index contributed by atoms with van der Waals surface area (Å²) < 4.78 is 6.32. The number of aryl methyl sites for hydroxylation is 2. The van der Waals surface area contributed by atoms with E-state index < -0.39 is 0 Å². The van der Waals surface area contributed by atoms with Crippen LogP contribution in [0.25, 0.3) is 0 Å². The number of aliphatic hydroxyl groups excluding tert-OH is 1. The molecule has 0 aromatic carbocycles. The number of aliphatic hydroxyl groups is 1. The predicted octanol–water partition coefficient (Wildman–Crippen LogP) is 0.951. The summed E-state index contributed by atoms with van der Waals surface area (Å²) in [5.74, 6) is 0.145. The van der Waals surface area contributed by atoms with Crippen molar-refractivity contribution in [1.82, 2.24) is 9.78 Å². The van der Waals surface area contributed by atoms with Gasteiger partial charge >= 0.3 is 5.76 Å². The Labute approximate surface area is 88.7 Å². The van der Waals surface area contributed by atoms with Crippen LogP contribution in [0.4, 0.5) is 0 Å². The fourth-order valence-corrected chi connectivity index (χ4v) is 1.36. The molecule has 0 amide bonds. The van der Waals surface area contributed by atoms with Gasteiger partial charge in [-0.15, -0.1) is 5.10 Å². The Morgan fingerprint density at radius 2 is 2.20 bits per heavy atom. The number of nitrogens with zero attached hydrogens (tertiary/aromatic N) is 2. The van der Waals surface area contributed by atoms with E-state index in [4.69, 9.17) is 9.52 Å². The molecule has 86 valence electrons. The first-order valence-electron chi connectivity index (χ1n) is 5.45. The predicted molar refractivity (Wildman–Crippen MR) is 55.7 cm³/mol. The quantitative estimate of drug-likeness (QED) is 0.686. The minimum absolute atomic E-state index is 0.203. The maximum atomic E-state index is 11.3. The summed E-state index contributed by atoms with van der Waals surface area (Å²) in [5, 5.41) is 12.7. The summed E-state index contributed by atoms with van der Waals surface area (Å²) in [4.78, 5) is 11.3. The minimum atomic E-state index is -0.373. The van der Waals surface area contributed by atoms with Crippen molar-refractivity contribution in [3.8, 4) is 0 Å². The molecule has 1 aromatic heterocycles.